The minimum atomic E-state index is -3.60. The van der Waals surface area contributed by atoms with Crippen LogP contribution in [0, 0.1) is 0 Å². The zero-order valence-electron chi connectivity index (χ0n) is 16.0. The second-order valence-corrected chi connectivity index (χ2v) is 9.00. The van der Waals surface area contributed by atoms with Gasteiger partial charge in [-0.05, 0) is 35.4 Å². The number of benzene rings is 2. The van der Waals surface area contributed by atoms with E-state index in [-0.39, 0.29) is 17.3 Å². The second kappa shape index (κ2) is 8.86. The van der Waals surface area contributed by atoms with Crippen molar-refractivity contribution >= 4 is 33.6 Å². The number of nitrogens with zero attached hydrogens (tertiary/aromatic N) is 1. The molecule has 1 aliphatic heterocycles. The van der Waals surface area contributed by atoms with Gasteiger partial charge >= 0.3 is 0 Å². The largest absolute Gasteiger partial charge is 0.486 e. The van der Waals surface area contributed by atoms with E-state index in [0.717, 1.165) is 4.31 Å². The van der Waals surface area contributed by atoms with Crippen LogP contribution in [0.5, 0.6) is 11.5 Å². The van der Waals surface area contributed by atoms with Crippen molar-refractivity contribution in [3.8, 4) is 11.5 Å². The van der Waals surface area contributed by atoms with Crippen LogP contribution >= 0.6 is 11.6 Å². The highest BCUT2D eigenvalue weighted by Gasteiger charge is 2.20. The summed E-state index contributed by atoms with van der Waals surface area (Å²) in [6.07, 6.45) is 2.95. The molecule has 0 aromatic heterocycles. The predicted molar refractivity (Wildman–Crippen MR) is 111 cm³/mol. The highest BCUT2D eigenvalue weighted by Crippen LogP contribution is 2.38. The van der Waals surface area contributed by atoms with E-state index in [2.05, 4.69) is 5.32 Å². The fraction of sp³-hybridized carbons (Fsp3) is 0.250. The van der Waals surface area contributed by atoms with Crippen LogP contribution in [0.4, 0.5) is 0 Å². The topological polar surface area (TPSA) is 84.9 Å². The van der Waals surface area contributed by atoms with Crippen molar-refractivity contribution in [3.63, 3.8) is 0 Å². The summed E-state index contributed by atoms with van der Waals surface area (Å²) in [5.41, 5.74) is 1.19. The quantitative estimate of drug-likeness (QED) is 0.704. The molecule has 0 atom stereocenters. The fourth-order valence-electron chi connectivity index (χ4n) is 2.74. The molecule has 2 aromatic rings. The van der Waals surface area contributed by atoms with Crippen molar-refractivity contribution in [3.05, 3.63) is 58.6 Å². The second-order valence-electron chi connectivity index (χ2n) is 6.47. The van der Waals surface area contributed by atoms with Crippen LogP contribution < -0.4 is 14.8 Å². The lowest BCUT2D eigenvalue weighted by atomic mass is 10.1. The average Bonchev–Trinajstić information content (AvgIpc) is 2.71. The summed E-state index contributed by atoms with van der Waals surface area (Å²) in [5.74, 6) is 0.665. The number of carbonyl (C=O) groups excluding carboxylic acids is 1. The third-order valence-corrected chi connectivity index (χ3v) is 6.43. The number of rotatable bonds is 6. The molecular weight excluding hydrogens is 416 g/mol. The van der Waals surface area contributed by atoms with Gasteiger partial charge in [-0.1, -0.05) is 29.8 Å². The van der Waals surface area contributed by atoms with Gasteiger partial charge in [-0.25, -0.2) is 12.7 Å². The van der Waals surface area contributed by atoms with Crippen LogP contribution in [0.25, 0.3) is 6.08 Å². The van der Waals surface area contributed by atoms with Gasteiger partial charge in [-0.15, -0.1) is 0 Å². The van der Waals surface area contributed by atoms with E-state index < -0.39 is 10.0 Å². The van der Waals surface area contributed by atoms with Crippen molar-refractivity contribution in [1.29, 1.82) is 0 Å². The zero-order chi connectivity index (χ0) is 21.0. The maximum atomic E-state index is 12.4. The van der Waals surface area contributed by atoms with Crippen molar-refractivity contribution in [2.45, 2.75) is 11.4 Å². The first-order chi connectivity index (χ1) is 13.8. The third-order valence-electron chi connectivity index (χ3n) is 4.23. The molecule has 0 saturated carbocycles. The molecule has 2 aromatic carbocycles. The average molecular weight is 437 g/mol. The zero-order valence-corrected chi connectivity index (χ0v) is 17.6. The molecule has 154 valence electrons. The van der Waals surface area contributed by atoms with Crippen LogP contribution in [0.1, 0.15) is 11.1 Å². The lowest BCUT2D eigenvalue weighted by Gasteiger charge is -2.19. The van der Waals surface area contributed by atoms with E-state index in [0.29, 0.717) is 40.9 Å². The Kier molecular flexibility index (Phi) is 6.46. The van der Waals surface area contributed by atoms with Crippen LogP contribution in [-0.2, 0) is 21.4 Å². The van der Waals surface area contributed by atoms with E-state index in [1.807, 2.05) is 0 Å². The summed E-state index contributed by atoms with van der Waals surface area (Å²) in [7, 11) is -0.672. The van der Waals surface area contributed by atoms with E-state index in [9.17, 15) is 13.2 Å². The number of halogens is 1. The van der Waals surface area contributed by atoms with Gasteiger partial charge in [0, 0.05) is 26.7 Å². The maximum absolute atomic E-state index is 12.4. The molecule has 1 heterocycles. The summed E-state index contributed by atoms with van der Waals surface area (Å²) in [4.78, 5) is 12.4. The summed E-state index contributed by atoms with van der Waals surface area (Å²) < 4.78 is 37.0. The summed E-state index contributed by atoms with van der Waals surface area (Å²) in [6, 6.07) is 9.97. The molecular formula is C20H21ClN2O5S. The number of carbonyl (C=O) groups is 1. The molecule has 1 amide bonds. The molecule has 1 N–H and O–H groups in total. The molecule has 0 fully saturated rings. The SMILES string of the molecule is CN(C)S(=O)(=O)c1ccccc1CNC(=O)/C=C/c1cc(Cl)c2c(c1)OCCO2. The molecule has 0 saturated heterocycles. The molecule has 3 rings (SSSR count). The van der Waals surface area contributed by atoms with E-state index in [1.54, 1.807) is 36.4 Å². The van der Waals surface area contributed by atoms with Crippen molar-refractivity contribution < 1.29 is 22.7 Å². The highest BCUT2D eigenvalue weighted by molar-refractivity contribution is 7.89. The third kappa shape index (κ3) is 4.90. The number of hydrogen-bond acceptors (Lipinski definition) is 5. The monoisotopic (exact) mass is 436 g/mol. The summed E-state index contributed by atoms with van der Waals surface area (Å²) in [6.45, 7) is 0.954. The number of nitrogens with one attached hydrogen (secondary N) is 1. The van der Waals surface area contributed by atoms with Gasteiger partial charge < -0.3 is 14.8 Å². The van der Waals surface area contributed by atoms with Gasteiger partial charge in [0.2, 0.25) is 15.9 Å². The van der Waals surface area contributed by atoms with Crippen molar-refractivity contribution in [2.24, 2.45) is 0 Å². The lowest BCUT2D eigenvalue weighted by Crippen LogP contribution is -2.26. The summed E-state index contributed by atoms with van der Waals surface area (Å²) >= 11 is 6.19. The normalized spacial score (nSPS) is 13.7. The van der Waals surface area contributed by atoms with Gasteiger partial charge in [-0.2, -0.15) is 0 Å². The number of amides is 1. The molecule has 0 radical (unpaired) electrons. The first-order valence-corrected chi connectivity index (χ1v) is 10.7. The Balaban J connectivity index is 1.69. The highest BCUT2D eigenvalue weighted by atomic mass is 35.5. The van der Waals surface area contributed by atoms with Crippen molar-refractivity contribution in [1.82, 2.24) is 9.62 Å². The number of sulfonamides is 1. The van der Waals surface area contributed by atoms with Crippen LogP contribution in [0.15, 0.2) is 47.4 Å². The predicted octanol–water partition coefficient (Wildman–Crippen LogP) is 2.69. The molecule has 9 heteroatoms. The number of fused-ring (bicyclic) bond motifs is 1. The van der Waals surface area contributed by atoms with Crippen LogP contribution in [0.3, 0.4) is 0 Å². The lowest BCUT2D eigenvalue weighted by molar-refractivity contribution is -0.116. The molecule has 7 nitrogen and oxygen atoms in total. The molecule has 29 heavy (non-hydrogen) atoms. The van der Waals surface area contributed by atoms with Gasteiger partial charge in [0.15, 0.2) is 11.5 Å². The molecule has 1 aliphatic rings. The molecule has 0 unspecified atom stereocenters. The van der Waals surface area contributed by atoms with Crippen LogP contribution in [0.2, 0.25) is 5.02 Å². The Bertz CT molecular complexity index is 1050. The Morgan fingerprint density at radius 3 is 2.69 bits per heavy atom. The first-order valence-electron chi connectivity index (χ1n) is 8.84. The Labute approximate surface area is 174 Å². The van der Waals surface area contributed by atoms with E-state index >= 15 is 0 Å². The minimum absolute atomic E-state index is 0.0777. The fourth-order valence-corrected chi connectivity index (χ4v) is 4.13. The Hall–Kier alpha value is -2.55. The smallest absolute Gasteiger partial charge is 0.244 e. The number of hydrogen-bond donors (Lipinski definition) is 1. The van der Waals surface area contributed by atoms with Gasteiger partial charge in [-0.3, -0.25) is 4.79 Å². The van der Waals surface area contributed by atoms with Crippen LogP contribution in [-0.4, -0.2) is 45.9 Å². The molecule has 0 bridgehead atoms. The first kappa shape index (κ1) is 21.2. The van der Waals surface area contributed by atoms with Gasteiger partial charge in [0.05, 0.1) is 9.92 Å². The van der Waals surface area contributed by atoms with E-state index in [1.165, 1.54) is 26.2 Å². The molecule has 0 aliphatic carbocycles. The minimum Gasteiger partial charge on any atom is -0.486 e. The standard InChI is InChI=1S/C20H21ClN2O5S/c1-23(2)29(25,26)18-6-4-3-5-15(18)13-22-19(24)8-7-14-11-16(21)20-17(12-14)27-9-10-28-20/h3-8,11-12H,9-10,13H2,1-2H3,(H,22,24)/b8-7+. The summed E-state index contributed by atoms with van der Waals surface area (Å²) in [5, 5.41) is 3.11. The maximum Gasteiger partial charge on any atom is 0.244 e. The van der Waals surface area contributed by atoms with E-state index in [4.69, 9.17) is 21.1 Å². The Morgan fingerprint density at radius 2 is 1.93 bits per heavy atom. The van der Waals surface area contributed by atoms with Gasteiger partial charge in [0.25, 0.3) is 0 Å². The van der Waals surface area contributed by atoms with Gasteiger partial charge in [0.1, 0.15) is 13.2 Å². The van der Waals surface area contributed by atoms with Crippen molar-refractivity contribution in [2.75, 3.05) is 27.3 Å². The number of ether oxygens (including phenoxy) is 2. The Morgan fingerprint density at radius 1 is 1.21 bits per heavy atom. The molecule has 0 spiro atoms.